The number of unbranched alkanes of at least 4 members (excludes halogenated alkanes) is 1. The SMILES string of the molecule is CC(=O)C(CCCCN)N(CCN)CCN. The summed E-state index contributed by atoms with van der Waals surface area (Å²) in [5.41, 5.74) is 16.5. The molecule has 0 radical (unpaired) electrons. The maximum Gasteiger partial charge on any atom is 0.146 e. The average molecular weight is 230 g/mol. The fraction of sp³-hybridized carbons (Fsp3) is 0.909. The minimum atomic E-state index is -0.0429. The van der Waals surface area contributed by atoms with Crippen LogP contribution in [-0.4, -0.2) is 49.4 Å². The third-order valence-electron chi connectivity index (χ3n) is 2.67. The molecule has 5 nitrogen and oxygen atoms in total. The second-order valence-electron chi connectivity index (χ2n) is 4.02. The number of hydrogen-bond donors (Lipinski definition) is 3. The van der Waals surface area contributed by atoms with Crippen LogP contribution < -0.4 is 17.2 Å². The van der Waals surface area contributed by atoms with Crippen molar-refractivity contribution in [3.8, 4) is 0 Å². The maximum absolute atomic E-state index is 11.6. The van der Waals surface area contributed by atoms with Crippen molar-refractivity contribution in [1.82, 2.24) is 4.90 Å². The largest absolute Gasteiger partial charge is 0.330 e. The summed E-state index contributed by atoms with van der Waals surface area (Å²) in [4.78, 5) is 13.7. The monoisotopic (exact) mass is 230 g/mol. The van der Waals surface area contributed by atoms with Gasteiger partial charge >= 0.3 is 0 Å². The smallest absolute Gasteiger partial charge is 0.146 e. The number of nitrogens with zero attached hydrogens (tertiary/aromatic N) is 1. The second kappa shape index (κ2) is 9.72. The van der Waals surface area contributed by atoms with Gasteiger partial charge in [-0.15, -0.1) is 0 Å². The van der Waals surface area contributed by atoms with Crippen molar-refractivity contribution in [3.05, 3.63) is 0 Å². The Labute approximate surface area is 98.3 Å². The van der Waals surface area contributed by atoms with Gasteiger partial charge in [0.15, 0.2) is 0 Å². The van der Waals surface area contributed by atoms with Gasteiger partial charge in [0, 0.05) is 26.2 Å². The van der Waals surface area contributed by atoms with Crippen LogP contribution in [0.4, 0.5) is 0 Å². The predicted octanol–water partition coefficient (Wildman–Crippen LogP) is -0.708. The zero-order chi connectivity index (χ0) is 12.4. The van der Waals surface area contributed by atoms with Gasteiger partial charge in [-0.05, 0) is 26.3 Å². The number of carbonyl (C=O) groups excluding carboxylic acids is 1. The number of hydrogen-bond acceptors (Lipinski definition) is 5. The molecule has 0 saturated heterocycles. The molecule has 0 heterocycles. The van der Waals surface area contributed by atoms with E-state index in [4.69, 9.17) is 17.2 Å². The standard InChI is InChI=1S/C11H26N4O/c1-10(16)11(4-2-3-5-12)15(8-6-13)9-7-14/h11H,2-9,12-14H2,1H3. The highest BCUT2D eigenvalue weighted by Crippen LogP contribution is 2.09. The van der Waals surface area contributed by atoms with Gasteiger partial charge in [0.25, 0.3) is 0 Å². The molecule has 5 heteroatoms. The highest BCUT2D eigenvalue weighted by atomic mass is 16.1. The molecule has 0 amide bonds. The van der Waals surface area contributed by atoms with Crippen LogP contribution in [0.15, 0.2) is 0 Å². The van der Waals surface area contributed by atoms with Gasteiger partial charge in [-0.3, -0.25) is 9.69 Å². The molecule has 0 aromatic carbocycles. The molecule has 0 aromatic heterocycles. The molecule has 1 atom stereocenters. The summed E-state index contributed by atoms with van der Waals surface area (Å²) in [7, 11) is 0. The van der Waals surface area contributed by atoms with Crippen molar-refractivity contribution in [1.29, 1.82) is 0 Å². The van der Waals surface area contributed by atoms with Gasteiger partial charge in [-0.25, -0.2) is 0 Å². The molecule has 0 aliphatic carbocycles. The van der Waals surface area contributed by atoms with E-state index in [1.165, 1.54) is 0 Å². The lowest BCUT2D eigenvalue weighted by Crippen LogP contribution is -2.45. The van der Waals surface area contributed by atoms with Crippen LogP contribution in [0.25, 0.3) is 0 Å². The average Bonchev–Trinajstić information content (AvgIpc) is 2.24. The Balaban J connectivity index is 4.26. The van der Waals surface area contributed by atoms with E-state index in [-0.39, 0.29) is 11.8 Å². The lowest BCUT2D eigenvalue weighted by molar-refractivity contribution is -0.122. The molecule has 0 saturated carbocycles. The predicted molar refractivity (Wildman–Crippen MR) is 67.1 cm³/mol. The van der Waals surface area contributed by atoms with Crippen LogP contribution in [0.5, 0.6) is 0 Å². The molecular weight excluding hydrogens is 204 g/mol. The molecule has 96 valence electrons. The fourth-order valence-corrected chi connectivity index (χ4v) is 1.88. The van der Waals surface area contributed by atoms with Gasteiger partial charge in [0.2, 0.25) is 0 Å². The fourth-order valence-electron chi connectivity index (χ4n) is 1.88. The van der Waals surface area contributed by atoms with Crippen LogP contribution >= 0.6 is 0 Å². The van der Waals surface area contributed by atoms with Gasteiger partial charge in [0.1, 0.15) is 5.78 Å². The minimum Gasteiger partial charge on any atom is -0.330 e. The van der Waals surface area contributed by atoms with Crippen molar-refractivity contribution in [2.24, 2.45) is 17.2 Å². The Morgan fingerprint density at radius 1 is 1.06 bits per heavy atom. The van der Waals surface area contributed by atoms with E-state index in [1.807, 2.05) is 0 Å². The maximum atomic E-state index is 11.6. The van der Waals surface area contributed by atoms with Crippen LogP contribution in [0.2, 0.25) is 0 Å². The molecule has 0 rings (SSSR count). The Morgan fingerprint density at radius 2 is 1.62 bits per heavy atom. The van der Waals surface area contributed by atoms with Gasteiger partial charge in [-0.1, -0.05) is 6.42 Å². The molecule has 0 aromatic rings. The third-order valence-corrected chi connectivity index (χ3v) is 2.67. The van der Waals surface area contributed by atoms with E-state index in [9.17, 15) is 4.79 Å². The summed E-state index contributed by atoms with van der Waals surface area (Å²) in [5.74, 6) is 0.193. The highest BCUT2D eigenvalue weighted by Gasteiger charge is 2.20. The van der Waals surface area contributed by atoms with Crippen LogP contribution in [0.1, 0.15) is 26.2 Å². The van der Waals surface area contributed by atoms with E-state index < -0.39 is 0 Å². The molecule has 1 unspecified atom stereocenters. The van der Waals surface area contributed by atoms with E-state index in [2.05, 4.69) is 4.90 Å². The molecule has 6 N–H and O–H groups in total. The van der Waals surface area contributed by atoms with E-state index in [0.29, 0.717) is 19.6 Å². The summed E-state index contributed by atoms with van der Waals surface area (Å²) in [6.07, 6.45) is 2.79. The van der Waals surface area contributed by atoms with E-state index in [0.717, 1.165) is 32.4 Å². The molecule has 0 fully saturated rings. The topological polar surface area (TPSA) is 98.4 Å². The lowest BCUT2D eigenvalue weighted by Gasteiger charge is -2.29. The van der Waals surface area contributed by atoms with Gasteiger partial charge in [0.05, 0.1) is 6.04 Å². The Kier molecular flexibility index (Phi) is 9.42. The summed E-state index contributed by atoms with van der Waals surface area (Å²) in [6, 6.07) is -0.0429. The second-order valence-corrected chi connectivity index (χ2v) is 4.02. The van der Waals surface area contributed by atoms with Crippen molar-refractivity contribution in [3.63, 3.8) is 0 Å². The molecule has 0 aliphatic heterocycles. The number of Topliss-reactive ketones (excluding diaryl/α,β-unsaturated/α-hetero) is 1. The Hall–Kier alpha value is -0.490. The molecule has 0 bridgehead atoms. The number of nitrogens with two attached hydrogens (primary N) is 3. The van der Waals surface area contributed by atoms with E-state index >= 15 is 0 Å². The van der Waals surface area contributed by atoms with Crippen molar-refractivity contribution < 1.29 is 4.79 Å². The van der Waals surface area contributed by atoms with E-state index in [1.54, 1.807) is 6.92 Å². The summed E-state index contributed by atoms with van der Waals surface area (Å²) in [5, 5.41) is 0. The van der Waals surface area contributed by atoms with Crippen molar-refractivity contribution >= 4 is 5.78 Å². The Bertz CT molecular complexity index is 181. The lowest BCUT2D eigenvalue weighted by atomic mass is 10.0. The number of carbonyl (C=O) groups is 1. The van der Waals surface area contributed by atoms with Crippen LogP contribution in [0, 0.1) is 0 Å². The van der Waals surface area contributed by atoms with Gasteiger partial charge < -0.3 is 17.2 Å². The zero-order valence-electron chi connectivity index (χ0n) is 10.3. The first-order chi connectivity index (χ1) is 7.67. The summed E-state index contributed by atoms with van der Waals surface area (Å²) >= 11 is 0. The number of ketones is 1. The summed E-state index contributed by atoms with van der Waals surface area (Å²) in [6.45, 7) is 4.88. The van der Waals surface area contributed by atoms with Crippen molar-refractivity contribution in [2.75, 3.05) is 32.7 Å². The van der Waals surface area contributed by atoms with Gasteiger partial charge in [-0.2, -0.15) is 0 Å². The molecule has 16 heavy (non-hydrogen) atoms. The highest BCUT2D eigenvalue weighted by molar-refractivity contribution is 5.81. The number of rotatable bonds is 10. The first-order valence-corrected chi connectivity index (χ1v) is 6.02. The minimum absolute atomic E-state index is 0.0429. The van der Waals surface area contributed by atoms with Crippen LogP contribution in [-0.2, 0) is 4.79 Å². The molecular formula is C11H26N4O. The van der Waals surface area contributed by atoms with Crippen molar-refractivity contribution in [2.45, 2.75) is 32.2 Å². The first-order valence-electron chi connectivity index (χ1n) is 6.02. The quantitative estimate of drug-likeness (QED) is 0.431. The Morgan fingerprint density at radius 3 is 2.00 bits per heavy atom. The van der Waals surface area contributed by atoms with Crippen LogP contribution in [0.3, 0.4) is 0 Å². The molecule has 0 spiro atoms. The molecule has 0 aliphatic rings. The third kappa shape index (κ3) is 6.17. The first kappa shape index (κ1) is 15.5. The zero-order valence-corrected chi connectivity index (χ0v) is 10.3. The summed E-state index contributed by atoms with van der Waals surface area (Å²) < 4.78 is 0. The normalized spacial score (nSPS) is 13.1.